The lowest BCUT2D eigenvalue weighted by Crippen LogP contribution is -2.63. The Morgan fingerprint density at radius 1 is 0.433 bits per heavy atom. The van der Waals surface area contributed by atoms with E-state index in [1.54, 1.807) is 0 Å². The molecular formula is C58H70N22O17. The molecule has 0 unspecified atom stereocenters. The van der Waals surface area contributed by atoms with Crippen molar-refractivity contribution in [2.45, 2.75) is 107 Å². The van der Waals surface area contributed by atoms with E-state index in [4.69, 9.17) is 28.0 Å². The monoisotopic (exact) mass is 1350 g/mol. The van der Waals surface area contributed by atoms with Crippen LogP contribution in [0.5, 0.6) is 0 Å². The normalized spacial score (nSPS) is 13.3. The fourth-order valence-electron chi connectivity index (χ4n) is 10.1. The minimum absolute atomic E-state index is 0.00380. The van der Waals surface area contributed by atoms with E-state index < -0.39 is 186 Å². The van der Waals surface area contributed by atoms with E-state index in [1.165, 1.54) is 72.8 Å². The van der Waals surface area contributed by atoms with Gasteiger partial charge in [0.1, 0.15) is 42.3 Å². The fourth-order valence-corrected chi connectivity index (χ4v) is 10.1. The molecule has 39 nitrogen and oxygen atoms in total. The second kappa shape index (κ2) is 32.8. The molecule has 3 aromatic carbocycles. The van der Waals surface area contributed by atoms with Crippen LogP contribution >= 0.6 is 0 Å². The van der Waals surface area contributed by atoms with E-state index >= 15 is 9.59 Å². The molecule has 0 fully saturated rings. The van der Waals surface area contributed by atoms with E-state index in [0.717, 1.165) is 23.8 Å². The predicted octanol–water partition coefficient (Wildman–Crippen LogP) is -8.55. The number of guanidine groups is 2. The summed E-state index contributed by atoms with van der Waals surface area (Å²) in [5.41, 5.74) is 7.99. The van der Waals surface area contributed by atoms with Crippen LogP contribution in [0.25, 0.3) is 32.7 Å². The number of nitrogens with two attached hydrogens (primary N) is 3. The van der Waals surface area contributed by atoms with Crippen LogP contribution in [0.1, 0.15) is 39.0 Å². The Morgan fingerprint density at radius 2 is 0.763 bits per heavy atom. The number of fused-ring (bicyclic) bond motifs is 3. The molecule has 0 bridgehead atoms. The van der Waals surface area contributed by atoms with Gasteiger partial charge in [-0.3, -0.25) is 91.6 Å². The van der Waals surface area contributed by atoms with Gasteiger partial charge in [0.2, 0.25) is 47.3 Å². The van der Waals surface area contributed by atoms with Crippen molar-refractivity contribution in [3.63, 3.8) is 0 Å². The van der Waals surface area contributed by atoms with Gasteiger partial charge in [0.05, 0.1) is 58.9 Å². The average Bonchev–Trinajstić information content (AvgIpc) is 0.806. The number of para-hydroxylation sites is 3. The highest BCUT2D eigenvalue weighted by molar-refractivity contribution is 5.98. The van der Waals surface area contributed by atoms with Crippen LogP contribution in [0, 0.1) is 10.8 Å². The third-order valence-electron chi connectivity index (χ3n) is 14.9. The molecule has 7 rings (SSSR count). The maximum Gasteiger partial charge on any atom is 0.328 e. The van der Waals surface area contributed by atoms with E-state index in [0.29, 0.717) is 13.7 Å². The standard InChI is InChI=1S/C58H70N22O17/c1-28(82)66-36(17-9-21-65-54(62)63)44(85)69-38(24-77-22-18-42(83)76-55(77)94)46(87)68-37(19-23-81)45(86)70-40(26-79-51(92)30-11-3-6-14-33(30)74-57(79)96)48(89)72-41(27-80-52(93)31-12-4-7-15-34(31)75-58(80)97)49(90)71-39(47(88)67-35(43(59)84)16-8-20-64-53(60)61)25-78-50(91)29-10-2-5-13-32(29)73-56(78)95/h2-7,10-15,18,22,35-41,81H,8-9,16-17,19-21,23-27H2,1H3,(H2,59,84)(H,66,82)(H,67,88)(H,68,87)(H,69,85)(H,70,86)(H,71,90)(H,72,89)(H,73,95)(H,74,96)(H,75,97)(H4,60,61,64)(H4,62,63,65)(H,76,83,94)/t35-,36-,37-,38+,39+,40+,41+/m0/s1. The minimum atomic E-state index is -2.31. The Kier molecular flexibility index (Phi) is 24.3. The summed E-state index contributed by atoms with van der Waals surface area (Å²) in [4.78, 5) is 232. The number of carbonyl (C=O) groups is 8. The van der Waals surface area contributed by atoms with Crippen molar-refractivity contribution in [2.24, 2.45) is 17.2 Å². The van der Waals surface area contributed by atoms with Gasteiger partial charge in [-0.25, -0.2) is 19.2 Å². The zero-order valence-electron chi connectivity index (χ0n) is 51.6. The number of aromatic nitrogens is 8. The summed E-state index contributed by atoms with van der Waals surface area (Å²) in [5, 5.41) is 46.3. The molecule has 22 N–H and O–H groups in total. The number of benzene rings is 3. The van der Waals surface area contributed by atoms with Gasteiger partial charge < -0.3 is 85.1 Å². The van der Waals surface area contributed by atoms with Crippen LogP contribution in [0.4, 0.5) is 0 Å². The maximum absolute atomic E-state index is 15.3. The van der Waals surface area contributed by atoms with E-state index in [1.807, 2.05) is 4.98 Å². The number of nitrogens with one attached hydrogen (secondary N) is 15. The highest BCUT2D eigenvalue weighted by atomic mass is 16.3. The number of primary amides is 1. The Bertz CT molecular complexity index is 4700. The van der Waals surface area contributed by atoms with E-state index in [-0.39, 0.29) is 71.5 Å². The highest BCUT2D eigenvalue weighted by Gasteiger charge is 2.36. The first-order chi connectivity index (χ1) is 46.1. The first-order valence-electron chi connectivity index (χ1n) is 29.7. The van der Waals surface area contributed by atoms with Crippen molar-refractivity contribution in [1.82, 2.24) is 86.1 Å². The molecule has 0 spiro atoms. The number of H-pyrrole nitrogens is 4. The Hall–Kier alpha value is -12.6. The smallest absolute Gasteiger partial charge is 0.328 e. The van der Waals surface area contributed by atoms with Crippen molar-refractivity contribution >= 4 is 91.9 Å². The predicted molar refractivity (Wildman–Crippen MR) is 346 cm³/mol. The van der Waals surface area contributed by atoms with Gasteiger partial charge in [-0.1, -0.05) is 36.4 Å². The SMILES string of the molecule is CC(=O)N[C@@H](CCCNC(=N)N)C(=O)N[C@H](Cn1ccc(=O)[nH]c1=O)C(=O)N[C@@H](CCO)C(=O)N[C@H](Cn1c(=O)[nH]c2ccccc2c1=O)C(=O)N[C@H](Cn1c(=O)[nH]c2ccccc2c1=O)C(=O)N[C@H](Cn1c(=O)[nH]c2ccccc2c1=O)C(=O)N[C@@H](CCCNC(=N)N)C(N)=O. The molecule has 4 aromatic heterocycles. The van der Waals surface area contributed by atoms with Crippen molar-refractivity contribution in [1.29, 1.82) is 10.8 Å². The summed E-state index contributed by atoms with van der Waals surface area (Å²) in [6.45, 7) is -3.93. The summed E-state index contributed by atoms with van der Waals surface area (Å²) < 4.78 is 2.22. The molecule has 7 atom stereocenters. The molecule has 4 heterocycles. The van der Waals surface area contributed by atoms with E-state index in [2.05, 4.69) is 62.8 Å². The number of rotatable bonds is 32. The van der Waals surface area contributed by atoms with Gasteiger partial charge in [0.15, 0.2) is 11.9 Å². The number of nitrogens with zero attached hydrogens (tertiary/aromatic N) is 4. The minimum Gasteiger partial charge on any atom is -0.396 e. The highest BCUT2D eigenvalue weighted by Crippen LogP contribution is 2.10. The second-order valence-corrected chi connectivity index (χ2v) is 21.9. The van der Waals surface area contributed by atoms with Crippen LogP contribution in [-0.2, 0) is 64.5 Å². The number of amides is 8. The first kappa shape index (κ1) is 71.9. The molecule has 0 aliphatic heterocycles. The number of aliphatic hydroxyl groups is 1. The lowest BCUT2D eigenvalue weighted by Gasteiger charge is -2.28. The number of hydrogen-bond donors (Lipinski definition) is 19. The van der Waals surface area contributed by atoms with Crippen LogP contribution in [0.2, 0.25) is 0 Å². The van der Waals surface area contributed by atoms with Crippen molar-refractivity contribution in [2.75, 3.05) is 19.7 Å². The summed E-state index contributed by atoms with van der Waals surface area (Å²) in [5.74, 6) is -10.7. The molecule has 0 aliphatic rings. The lowest BCUT2D eigenvalue weighted by atomic mass is 10.1. The second-order valence-electron chi connectivity index (χ2n) is 21.9. The van der Waals surface area contributed by atoms with Gasteiger partial charge in [0, 0.05) is 38.9 Å². The Balaban J connectivity index is 1.30. The van der Waals surface area contributed by atoms with Gasteiger partial charge in [-0.15, -0.1) is 0 Å². The van der Waals surface area contributed by atoms with Gasteiger partial charge in [0.25, 0.3) is 22.2 Å². The molecule has 7 aromatic rings. The van der Waals surface area contributed by atoms with Crippen molar-refractivity contribution in [3.05, 3.63) is 168 Å². The fraction of sp³-hybridized carbons (Fsp3) is 0.345. The zero-order valence-corrected chi connectivity index (χ0v) is 51.6. The number of aromatic amines is 4. The van der Waals surface area contributed by atoms with Crippen LogP contribution < -0.4 is 110 Å². The topological polar surface area (TPSA) is 610 Å². The summed E-state index contributed by atoms with van der Waals surface area (Å²) in [6, 6.07) is 4.22. The quantitative estimate of drug-likeness (QED) is 0.0106. The molecule has 0 saturated carbocycles. The number of aliphatic hydroxyl groups excluding tert-OH is 1. The molecule has 0 aliphatic carbocycles. The van der Waals surface area contributed by atoms with Crippen LogP contribution in [-0.4, -0.2) is 164 Å². The molecule has 39 heteroatoms. The Morgan fingerprint density at radius 3 is 1.11 bits per heavy atom. The number of carbonyl (C=O) groups excluding carboxylic acids is 8. The molecule has 97 heavy (non-hydrogen) atoms. The summed E-state index contributed by atoms with van der Waals surface area (Å²) in [6.07, 6.45) is 0.0550. The summed E-state index contributed by atoms with van der Waals surface area (Å²) in [7, 11) is 0. The lowest BCUT2D eigenvalue weighted by molar-refractivity contribution is -0.136. The third kappa shape index (κ3) is 19.0. The molecular weight excluding hydrogens is 1280 g/mol. The average molecular weight is 1350 g/mol. The van der Waals surface area contributed by atoms with Crippen LogP contribution in [0.15, 0.2) is 123 Å². The molecule has 0 saturated heterocycles. The third-order valence-corrected chi connectivity index (χ3v) is 14.9. The summed E-state index contributed by atoms with van der Waals surface area (Å²) >= 11 is 0. The van der Waals surface area contributed by atoms with Crippen molar-refractivity contribution in [3.8, 4) is 0 Å². The number of hydrogen-bond acceptors (Lipinski definition) is 19. The Labute approximate surface area is 543 Å². The van der Waals surface area contributed by atoms with Gasteiger partial charge in [-0.05, 0) is 68.5 Å². The van der Waals surface area contributed by atoms with Crippen LogP contribution in [0.3, 0.4) is 0 Å². The van der Waals surface area contributed by atoms with Gasteiger partial charge in [-0.2, -0.15) is 0 Å². The van der Waals surface area contributed by atoms with Crippen molar-refractivity contribution < 1.29 is 43.5 Å². The van der Waals surface area contributed by atoms with E-state index in [9.17, 15) is 72.2 Å². The first-order valence-corrected chi connectivity index (χ1v) is 29.7. The molecule has 514 valence electrons. The van der Waals surface area contributed by atoms with Gasteiger partial charge >= 0.3 is 22.8 Å². The molecule has 8 amide bonds. The largest absolute Gasteiger partial charge is 0.396 e. The zero-order chi connectivity index (χ0) is 70.8. The molecule has 0 radical (unpaired) electrons. The maximum atomic E-state index is 15.3.